The van der Waals surface area contributed by atoms with Crippen LogP contribution in [0.3, 0.4) is 0 Å². The van der Waals surface area contributed by atoms with Crippen molar-refractivity contribution in [1.82, 2.24) is 16.0 Å². The summed E-state index contributed by atoms with van der Waals surface area (Å²) >= 11 is 0. The Morgan fingerprint density at radius 2 is 1.51 bits per heavy atom. The van der Waals surface area contributed by atoms with E-state index in [2.05, 4.69) is 21.3 Å². The van der Waals surface area contributed by atoms with Gasteiger partial charge in [-0.05, 0) is 69.7 Å². The molecule has 0 heterocycles. The van der Waals surface area contributed by atoms with Crippen LogP contribution < -0.4 is 21.3 Å². The summed E-state index contributed by atoms with van der Waals surface area (Å²) in [5.74, 6) is -0.955. The third-order valence-corrected chi connectivity index (χ3v) is 5.85. The Labute approximate surface area is 241 Å². The van der Waals surface area contributed by atoms with Crippen LogP contribution in [0.15, 0.2) is 54.6 Å². The molecule has 2 rings (SSSR count). The van der Waals surface area contributed by atoms with Crippen LogP contribution in [0.4, 0.5) is 15.3 Å². The zero-order valence-electron chi connectivity index (χ0n) is 24.2. The average molecular weight is 571 g/mol. The minimum Gasteiger partial charge on any atom is -0.445 e. The van der Waals surface area contributed by atoms with E-state index in [1.165, 1.54) is 0 Å². The molecule has 11 heteroatoms. The SMILES string of the molecule is CCC(NC(=O)OCc1ccccc1)C(=O)N[C@@H](CCCCNC(=O)OC(C)(C)C)C(=O)Nc1ccc(CO)cc1. The summed E-state index contributed by atoms with van der Waals surface area (Å²) in [4.78, 5) is 50.4. The number of aliphatic hydroxyl groups is 1. The van der Waals surface area contributed by atoms with Crippen molar-refractivity contribution in [1.29, 1.82) is 0 Å². The number of carbonyl (C=O) groups excluding carboxylic acids is 4. The first-order valence-corrected chi connectivity index (χ1v) is 13.8. The van der Waals surface area contributed by atoms with Crippen LogP contribution >= 0.6 is 0 Å². The van der Waals surface area contributed by atoms with Gasteiger partial charge in [0.1, 0.15) is 24.3 Å². The lowest BCUT2D eigenvalue weighted by Gasteiger charge is -2.23. The highest BCUT2D eigenvalue weighted by Crippen LogP contribution is 2.12. The van der Waals surface area contributed by atoms with Gasteiger partial charge in [0.05, 0.1) is 6.61 Å². The number of ether oxygens (including phenoxy) is 2. The topological polar surface area (TPSA) is 155 Å². The molecule has 41 heavy (non-hydrogen) atoms. The van der Waals surface area contributed by atoms with Gasteiger partial charge in [-0.2, -0.15) is 0 Å². The normalized spacial score (nSPS) is 12.4. The maximum absolute atomic E-state index is 13.1. The highest BCUT2D eigenvalue weighted by Gasteiger charge is 2.26. The molecule has 224 valence electrons. The summed E-state index contributed by atoms with van der Waals surface area (Å²) in [5, 5.41) is 20.0. The summed E-state index contributed by atoms with van der Waals surface area (Å²) in [7, 11) is 0. The summed E-state index contributed by atoms with van der Waals surface area (Å²) in [6, 6.07) is 14.0. The molecule has 0 saturated heterocycles. The monoisotopic (exact) mass is 570 g/mol. The number of aliphatic hydroxyl groups excluding tert-OH is 1. The van der Waals surface area contributed by atoms with Gasteiger partial charge < -0.3 is 35.8 Å². The van der Waals surface area contributed by atoms with Gasteiger partial charge in [-0.25, -0.2) is 9.59 Å². The smallest absolute Gasteiger partial charge is 0.408 e. The first kappa shape index (κ1) is 33.1. The fourth-order valence-corrected chi connectivity index (χ4v) is 3.70. The Bertz CT molecular complexity index is 1120. The molecule has 0 aliphatic rings. The van der Waals surface area contributed by atoms with Gasteiger partial charge in [0.25, 0.3) is 0 Å². The first-order valence-electron chi connectivity index (χ1n) is 13.8. The number of benzene rings is 2. The molecule has 0 aliphatic carbocycles. The second kappa shape index (κ2) is 16.9. The van der Waals surface area contributed by atoms with E-state index in [1.54, 1.807) is 52.0 Å². The van der Waals surface area contributed by atoms with E-state index in [4.69, 9.17) is 9.47 Å². The minimum absolute atomic E-state index is 0.0577. The van der Waals surface area contributed by atoms with E-state index in [-0.39, 0.29) is 26.1 Å². The number of hydrogen-bond donors (Lipinski definition) is 5. The lowest BCUT2D eigenvalue weighted by Crippen LogP contribution is -2.52. The lowest BCUT2D eigenvalue weighted by atomic mass is 10.1. The van der Waals surface area contributed by atoms with Crippen molar-refractivity contribution in [3.8, 4) is 0 Å². The van der Waals surface area contributed by atoms with E-state index in [9.17, 15) is 24.3 Å². The fourth-order valence-electron chi connectivity index (χ4n) is 3.70. The molecular formula is C30H42N4O7. The predicted molar refractivity (Wildman–Crippen MR) is 155 cm³/mol. The van der Waals surface area contributed by atoms with Gasteiger partial charge in [-0.3, -0.25) is 9.59 Å². The molecule has 5 N–H and O–H groups in total. The molecule has 0 spiro atoms. The number of anilines is 1. The van der Waals surface area contributed by atoms with Gasteiger partial charge in [0.2, 0.25) is 11.8 Å². The zero-order valence-corrected chi connectivity index (χ0v) is 24.2. The zero-order chi connectivity index (χ0) is 30.3. The molecule has 4 amide bonds. The van der Waals surface area contributed by atoms with Crippen LogP contribution in [0.1, 0.15) is 64.5 Å². The van der Waals surface area contributed by atoms with Crippen LogP contribution in [0, 0.1) is 0 Å². The Kier molecular flexibility index (Phi) is 13.6. The van der Waals surface area contributed by atoms with E-state index in [1.807, 2.05) is 30.3 Å². The Balaban J connectivity index is 1.97. The molecular weight excluding hydrogens is 528 g/mol. The molecule has 0 aromatic heterocycles. The van der Waals surface area contributed by atoms with Crippen molar-refractivity contribution in [2.45, 2.75) is 84.3 Å². The van der Waals surface area contributed by atoms with E-state index in [0.717, 1.165) is 5.56 Å². The van der Waals surface area contributed by atoms with Crippen molar-refractivity contribution in [3.63, 3.8) is 0 Å². The number of unbranched alkanes of at least 4 members (excludes halogenated alkanes) is 1. The minimum atomic E-state index is -0.911. The molecule has 11 nitrogen and oxygen atoms in total. The third kappa shape index (κ3) is 13.2. The standard InChI is InChI=1S/C30H42N4O7/c1-5-24(34-29(39)40-20-22-11-7-6-8-12-22)26(36)33-25(13-9-10-18-31-28(38)41-30(2,3)4)27(37)32-23-16-14-21(19-35)15-17-23/h6-8,11-12,14-17,24-25,35H,5,9-10,13,18-20H2,1-4H3,(H,31,38)(H,32,37)(H,33,36)(H,34,39)/t24?,25-/m0/s1. The number of hydrogen-bond acceptors (Lipinski definition) is 7. The van der Waals surface area contributed by atoms with Gasteiger partial charge in [-0.1, -0.05) is 49.4 Å². The second-order valence-electron chi connectivity index (χ2n) is 10.5. The molecule has 1 unspecified atom stereocenters. The Hall–Kier alpha value is -4.12. The summed E-state index contributed by atoms with van der Waals surface area (Å²) in [6.45, 7) is 7.34. The van der Waals surface area contributed by atoms with Gasteiger partial charge in [-0.15, -0.1) is 0 Å². The van der Waals surface area contributed by atoms with E-state index in [0.29, 0.717) is 30.6 Å². The largest absolute Gasteiger partial charge is 0.445 e. The predicted octanol–water partition coefficient (Wildman–Crippen LogP) is 4.00. The van der Waals surface area contributed by atoms with Gasteiger partial charge in [0.15, 0.2) is 0 Å². The number of carbonyl (C=O) groups is 4. The molecule has 0 fully saturated rings. The van der Waals surface area contributed by atoms with Gasteiger partial charge in [0, 0.05) is 12.2 Å². The second-order valence-corrected chi connectivity index (χ2v) is 10.5. The molecule has 0 saturated carbocycles. The van der Waals surface area contributed by atoms with Crippen molar-refractivity contribution < 1.29 is 33.8 Å². The van der Waals surface area contributed by atoms with Crippen LogP contribution in [0.25, 0.3) is 0 Å². The number of amides is 4. The van der Waals surface area contributed by atoms with Crippen molar-refractivity contribution in [3.05, 3.63) is 65.7 Å². The summed E-state index contributed by atoms with van der Waals surface area (Å²) < 4.78 is 10.5. The van der Waals surface area contributed by atoms with Crippen molar-refractivity contribution >= 4 is 29.7 Å². The maximum atomic E-state index is 13.1. The molecule has 0 aliphatic heterocycles. The molecule has 2 aromatic rings. The number of rotatable bonds is 14. The van der Waals surface area contributed by atoms with Crippen LogP contribution in [0.2, 0.25) is 0 Å². The molecule has 2 atom stereocenters. The van der Waals surface area contributed by atoms with Crippen molar-refractivity contribution in [2.24, 2.45) is 0 Å². The molecule has 0 radical (unpaired) electrons. The van der Waals surface area contributed by atoms with Gasteiger partial charge >= 0.3 is 12.2 Å². The van der Waals surface area contributed by atoms with Crippen LogP contribution in [-0.4, -0.2) is 53.3 Å². The highest BCUT2D eigenvalue weighted by atomic mass is 16.6. The van der Waals surface area contributed by atoms with Crippen LogP contribution in [-0.2, 0) is 32.3 Å². The summed E-state index contributed by atoms with van der Waals surface area (Å²) in [5.41, 5.74) is 1.41. The number of alkyl carbamates (subject to hydrolysis) is 2. The lowest BCUT2D eigenvalue weighted by molar-refractivity contribution is -0.128. The highest BCUT2D eigenvalue weighted by molar-refractivity contribution is 5.98. The van der Waals surface area contributed by atoms with E-state index >= 15 is 0 Å². The third-order valence-electron chi connectivity index (χ3n) is 5.85. The molecule has 0 bridgehead atoms. The summed E-state index contributed by atoms with van der Waals surface area (Å²) in [6.07, 6.45) is 0.364. The van der Waals surface area contributed by atoms with Crippen LogP contribution in [0.5, 0.6) is 0 Å². The maximum Gasteiger partial charge on any atom is 0.408 e. The first-order chi connectivity index (χ1) is 19.5. The Morgan fingerprint density at radius 3 is 2.12 bits per heavy atom. The quantitative estimate of drug-likeness (QED) is 0.215. The fraction of sp³-hybridized carbons (Fsp3) is 0.467. The number of nitrogens with one attached hydrogen (secondary N) is 4. The van der Waals surface area contributed by atoms with E-state index < -0.39 is 41.7 Å². The van der Waals surface area contributed by atoms with Crippen molar-refractivity contribution in [2.75, 3.05) is 11.9 Å². The average Bonchev–Trinajstić information content (AvgIpc) is 2.93. The Morgan fingerprint density at radius 1 is 0.829 bits per heavy atom. The molecule has 2 aromatic carbocycles.